The zero-order valence-corrected chi connectivity index (χ0v) is 25.7. The van der Waals surface area contributed by atoms with Gasteiger partial charge in [0.2, 0.25) is 12.3 Å². The summed E-state index contributed by atoms with van der Waals surface area (Å²) in [6.45, 7) is 10.2. The van der Waals surface area contributed by atoms with Gasteiger partial charge in [-0.3, -0.25) is 14.7 Å². The predicted octanol–water partition coefficient (Wildman–Crippen LogP) is 5.16. The van der Waals surface area contributed by atoms with Gasteiger partial charge in [0, 0.05) is 31.6 Å². The van der Waals surface area contributed by atoms with E-state index in [2.05, 4.69) is 20.9 Å². The van der Waals surface area contributed by atoms with Crippen LogP contribution in [0.2, 0.25) is 0 Å². The Morgan fingerprint density at radius 2 is 1.76 bits per heavy atom. The number of hydrogen-bond donors (Lipinski definition) is 4. The Morgan fingerprint density at radius 3 is 2.20 bits per heavy atom. The summed E-state index contributed by atoms with van der Waals surface area (Å²) in [4.78, 5) is 16.9. The number of nitrogens with zero attached hydrogens (tertiary/aromatic N) is 2. The number of allylic oxidation sites excluding steroid dienone is 1. The number of aliphatic imine (C=N–C) groups is 1. The Hall–Kier alpha value is -2.66. The number of carbonyl (C=O) groups excluding carboxylic acids is 1. The van der Waals surface area contributed by atoms with Crippen LogP contribution in [0.3, 0.4) is 0 Å². The first-order chi connectivity index (χ1) is 19.7. The number of amides is 1. The molecule has 1 saturated carbocycles. The van der Waals surface area contributed by atoms with Crippen molar-refractivity contribution in [1.82, 2.24) is 20.9 Å². The summed E-state index contributed by atoms with van der Waals surface area (Å²) in [5.41, 5.74) is 5.61. The molecule has 11 heteroatoms. The molecule has 2 fully saturated rings. The third kappa shape index (κ3) is 16.4. The number of primary amides is 1. The van der Waals surface area contributed by atoms with Gasteiger partial charge >= 0.3 is 0 Å². The van der Waals surface area contributed by atoms with Crippen LogP contribution < -0.4 is 21.7 Å². The first-order valence-corrected chi connectivity index (χ1v) is 14.8. The van der Waals surface area contributed by atoms with Crippen LogP contribution in [0.5, 0.6) is 0 Å². The smallest absolute Gasteiger partial charge is 0.242 e. The van der Waals surface area contributed by atoms with E-state index in [-0.39, 0.29) is 35.9 Å². The maximum atomic E-state index is 14.4. The lowest BCUT2D eigenvalue weighted by Gasteiger charge is -2.31. The number of rotatable bonds is 12. The van der Waals surface area contributed by atoms with Gasteiger partial charge in [-0.25, -0.2) is 17.6 Å². The average Bonchev–Trinajstić information content (AvgIpc) is 2.92. The van der Waals surface area contributed by atoms with Crippen molar-refractivity contribution in [3.8, 4) is 0 Å². The Balaban J connectivity index is 0.00000137. The molecule has 0 aromatic heterocycles. The molecule has 1 aliphatic carbocycles. The van der Waals surface area contributed by atoms with E-state index in [1.165, 1.54) is 31.4 Å². The number of carbonyl (C=O) groups is 1. The van der Waals surface area contributed by atoms with Crippen molar-refractivity contribution in [2.45, 2.75) is 85.2 Å². The monoisotopic (exact) mass is 588 g/mol. The van der Waals surface area contributed by atoms with E-state index in [0.717, 1.165) is 44.3 Å². The minimum Gasteiger partial charge on any atom is -0.373 e. The van der Waals surface area contributed by atoms with Crippen LogP contribution >= 0.6 is 0 Å². The first-order valence-electron chi connectivity index (χ1n) is 14.8. The molecule has 1 amide bonds. The van der Waals surface area contributed by atoms with Gasteiger partial charge in [-0.2, -0.15) is 0 Å². The van der Waals surface area contributed by atoms with E-state index in [0.29, 0.717) is 12.5 Å². The molecule has 1 aromatic carbocycles. The van der Waals surface area contributed by atoms with Gasteiger partial charge in [-0.15, -0.1) is 0 Å². The fraction of sp³-hybridized carbons (Fsp3) is 0.667. The van der Waals surface area contributed by atoms with E-state index < -0.39 is 24.5 Å². The number of nitrogens with one attached hydrogen (secondary N) is 3. The molecule has 1 heterocycles. The van der Waals surface area contributed by atoms with Gasteiger partial charge in [0.05, 0.1) is 19.3 Å². The molecule has 2 aliphatic rings. The zero-order valence-electron chi connectivity index (χ0n) is 25.7. The van der Waals surface area contributed by atoms with Crippen molar-refractivity contribution in [2.75, 3.05) is 40.3 Å². The molecule has 0 radical (unpaired) electrons. The molecule has 5 N–H and O–H groups in total. The Labute approximate surface area is 244 Å². The van der Waals surface area contributed by atoms with E-state index in [1.807, 2.05) is 39.6 Å². The Bertz CT molecular complexity index is 898. The van der Waals surface area contributed by atoms with E-state index in [1.54, 1.807) is 7.05 Å². The molecular formula is C30H52F4N6O. The van der Waals surface area contributed by atoms with E-state index >= 15 is 0 Å². The van der Waals surface area contributed by atoms with Gasteiger partial charge in [-0.1, -0.05) is 46.2 Å². The van der Waals surface area contributed by atoms with Crippen molar-refractivity contribution in [3.63, 3.8) is 0 Å². The maximum absolute atomic E-state index is 14.4. The highest BCUT2D eigenvalue weighted by Crippen LogP contribution is 2.18. The van der Waals surface area contributed by atoms with Gasteiger partial charge in [0.25, 0.3) is 0 Å². The highest BCUT2D eigenvalue weighted by Gasteiger charge is 2.20. The van der Waals surface area contributed by atoms with Crippen LogP contribution in [0, 0.1) is 11.7 Å². The molecule has 1 aliphatic heterocycles. The van der Waals surface area contributed by atoms with Crippen LogP contribution in [-0.4, -0.2) is 69.8 Å². The van der Waals surface area contributed by atoms with Crippen LogP contribution in [0.1, 0.15) is 70.9 Å². The Morgan fingerprint density at radius 1 is 1.12 bits per heavy atom. The number of alkyl halides is 2. The fourth-order valence-electron chi connectivity index (χ4n) is 4.12. The molecule has 0 bridgehead atoms. The molecule has 3 rings (SSSR count). The second-order valence-electron chi connectivity index (χ2n) is 9.45. The molecule has 1 aromatic rings. The summed E-state index contributed by atoms with van der Waals surface area (Å²) >= 11 is 0. The first kappa shape index (κ1) is 38.3. The SMILES string of the molecule is CC.CC.CN/C(NCC1CCN(CC(N)=O)CC1)=C(/F)C=NCc1ccc(CC(F)F)cc1F.CNC1CCC1. The second-order valence-corrected chi connectivity index (χ2v) is 9.45. The van der Waals surface area contributed by atoms with Crippen LogP contribution in [0.15, 0.2) is 34.8 Å². The third-order valence-corrected chi connectivity index (χ3v) is 6.63. The number of halogens is 4. The van der Waals surface area contributed by atoms with Crippen LogP contribution in [-0.2, 0) is 17.8 Å². The average molecular weight is 589 g/mol. The van der Waals surface area contributed by atoms with Crippen LogP contribution in [0.25, 0.3) is 0 Å². The highest BCUT2D eigenvalue weighted by molar-refractivity contribution is 5.76. The normalized spacial score (nSPS) is 16.3. The second kappa shape index (κ2) is 23.0. The van der Waals surface area contributed by atoms with E-state index in [9.17, 15) is 22.4 Å². The number of nitrogens with two attached hydrogens (primary N) is 1. The number of hydrogen-bond acceptors (Lipinski definition) is 6. The zero-order chi connectivity index (χ0) is 31.2. The summed E-state index contributed by atoms with van der Waals surface area (Å²) in [6, 6.07) is 4.72. The molecule has 0 atom stereocenters. The molecule has 7 nitrogen and oxygen atoms in total. The van der Waals surface area contributed by atoms with Crippen LogP contribution in [0.4, 0.5) is 17.6 Å². The molecule has 0 unspecified atom stereocenters. The molecule has 0 spiro atoms. The lowest BCUT2D eigenvalue weighted by atomic mass is 9.94. The highest BCUT2D eigenvalue weighted by atomic mass is 19.3. The van der Waals surface area contributed by atoms with Gasteiger partial charge in [0.15, 0.2) is 5.83 Å². The number of piperidine rings is 1. The summed E-state index contributed by atoms with van der Waals surface area (Å²) in [6.07, 6.45) is 3.91. The predicted molar refractivity (Wildman–Crippen MR) is 161 cm³/mol. The minimum atomic E-state index is -2.54. The van der Waals surface area contributed by atoms with Crippen molar-refractivity contribution in [2.24, 2.45) is 16.6 Å². The summed E-state index contributed by atoms with van der Waals surface area (Å²) < 4.78 is 53.2. The number of benzene rings is 1. The summed E-state index contributed by atoms with van der Waals surface area (Å²) in [5, 5.41) is 8.98. The van der Waals surface area contributed by atoms with Crippen molar-refractivity contribution < 1.29 is 22.4 Å². The Kier molecular flexibility index (Phi) is 21.5. The lowest BCUT2D eigenvalue weighted by molar-refractivity contribution is -0.119. The van der Waals surface area contributed by atoms with Crippen molar-refractivity contribution in [1.29, 1.82) is 0 Å². The van der Waals surface area contributed by atoms with Gasteiger partial charge in [0.1, 0.15) is 11.6 Å². The molecule has 41 heavy (non-hydrogen) atoms. The molecule has 1 saturated heterocycles. The summed E-state index contributed by atoms with van der Waals surface area (Å²) in [5.74, 6) is -1.10. The maximum Gasteiger partial charge on any atom is 0.242 e. The quantitative estimate of drug-likeness (QED) is 0.200. The lowest BCUT2D eigenvalue weighted by Crippen LogP contribution is -2.42. The van der Waals surface area contributed by atoms with Crippen molar-refractivity contribution >= 4 is 12.1 Å². The topological polar surface area (TPSA) is 94.8 Å². The molecular weight excluding hydrogens is 536 g/mol. The summed E-state index contributed by atoms with van der Waals surface area (Å²) in [7, 11) is 3.61. The largest absolute Gasteiger partial charge is 0.373 e. The van der Waals surface area contributed by atoms with E-state index in [4.69, 9.17) is 5.73 Å². The minimum absolute atomic E-state index is 0.108. The van der Waals surface area contributed by atoms with Crippen molar-refractivity contribution in [3.05, 3.63) is 46.8 Å². The van der Waals surface area contributed by atoms with Gasteiger partial charge in [-0.05, 0) is 63.4 Å². The number of likely N-dealkylation sites (tertiary alicyclic amines) is 1. The molecule has 236 valence electrons. The van der Waals surface area contributed by atoms with Gasteiger partial charge < -0.3 is 21.7 Å². The standard InChI is InChI=1S/C21H29F4N5O.C5H11N.2C2H6/c1-27-21(29-10-14-4-6-30(7-5-14)13-20(26)31)18(23)12-28-11-16-3-2-15(8-17(16)22)9-19(24)25;1-6-5-3-2-4-5;2*1-2/h2-3,8,12,14,19,27,29H,4-7,9-11,13H2,1H3,(H2,26,31);5-6H,2-4H2,1H3;2*1-2H3/b21-18-,28-12?;;;. The third-order valence-electron chi connectivity index (χ3n) is 6.63. The fourth-order valence-corrected chi connectivity index (χ4v) is 4.12.